The van der Waals surface area contributed by atoms with Crippen LogP contribution in [0.15, 0.2) is 48.8 Å². The number of hydrogen-bond acceptors (Lipinski definition) is 4. The molecule has 0 atom stereocenters. The molecule has 2 nitrogen and oxygen atoms in total. The summed E-state index contributed by atoms with van der Waals surface area (Å²) in [5.74, 6) is 2.10. The SMILES string of the molecule is CC(C)(CSSCC(C)(C)c1ccccn1)c1ccccn1. The van der Waals surface area contributed by atoms with Crippen molar-refractivity contribution in [3.8, 4) is 0 Å². The van der Waals surface area contributed by atoms with Crippen LogP contribution in [0.2, 0.25) is 0 Å². The van der Waals surface area contributed by atoms with E-state index in [0.29, 0.717) is 0 Å². The van der Waals surface area contributed by atoms with E-state index in [2.05, 4.69) is 61.9 Å². The van der Waals surface area contributed by atoms with E-state index in [1.807, 2.05) is 46.1 Å². The van der Waals surface area contributed by atoms with Gasteiger partial charge in [-0.3, -0.25) is 9.97 Å². The summed E-state index contributed by atoms with van der Waals surface area (Å²) in [6, 6.07) is 12.3. The van der Waals surface area contributed by atoms with Gasteiger partial charge in [-0.2, -0.15) is 0 Å². The monoisotopic (exact) mass is 332 g/mol. The Morgan fingerprint density at radius 1 is 0.727 bits per heavy atom. The van der Waals surface area contributed by atoms with Crippen molar-refractivity contribution in [3.05, 3.63) is 60.2 Å². The number of aromatic nitrogens is 2. The zero-order valence-electron chi connectivity index (χ0n) is 13.7. The standard InChI is InChI=1S/C18H24N2S2/c1-17(2,15-9-5-7-11-19-15)13-21-22-14-18(3,4)16-10-6-8-12-20-16/h5-12H,13-14H2,1-4H3. The number of hydrogen-bond donors (Lipinski definition) is 0. The van der Waals surface area contributed by atoms with Crippen LogP contribution in [-0.2, 0) is 10.8 Å². The third-order valence-corrected chi connectivity index (χ3v) is 6.69. The van der Waals surface area contributed by atoms with Gasteiger partial charge in [-0.15, -0.1) is 0 Å². The summed E-state index contributed by atoms with van der Waals surface area (Å²) >= 11 is 0. The molecule has 0 aliphatic rings. The molecule has 0 radical (unpaired) electrons. The third kappa shape index (κ3) is 4.75. The molecular weight excluding hydrogens is 308 g/mol. The number of rotatable bonds is 7. The largest absolute Gasteiger partial charge is 0.261 e. The highest BCUT2D eigenvalue weighted by Crippen LogP contribution is 2.36. The molecule has 0 amide bonds. The first-order valence-corrected chi connectivity index (χ1v) is 9.98. The summed E-state index contributed by atoms with van der Waals surface area (Å²) in [6.45, 7) is 9.03. The Kier molecular flexibility index (Phi) is 5.93. The van der Waals surface area contributed by atoms with Gasteiger partial charge in [0.15, 0.2) is 0 Å². The lowest BCUT2D eigenvalue weighted by molar-refractivity contribution is 0.579. The summed E-state index contributed by atoms with van der Waals surface area (Å²) in [5.41, 5.74) is 2.50. The van der Waals surface area contributed by atoms with Crippen LogP contribution in [0.25, 0.3) is 0 Å². The van der Waals surface area contributed by atoms with Crippen molar-refractivity contribution in [2.24, 2.45) is 0 Å². The van der Waals surface area contributed by atoms with Gasteiger partial charge in [-0.1, -0.05) is 61.4 Å². The van der Waals surface area contributed by atoms with Gasteiger partial charge in [0, 0.05) is 46.1 Å². The van der Waals surface area contributed by atoms with Gasteiger partial charge in [-0.05, 0) is 24.3 Å². The first-order valence-electron chi connectivity index (χ1n) is 7.49. The molecule has 0 aromatic carbocycles. The summed E-state index contributed by atoms with van der Waals surface area (Å²) in [7, 11) is 3.85. The van der Waals surface area contributed by atoms with Gasteiger partial charge in [0.05, 0.1) is 0 Å². The van der Waals surface area contributed by atoms with E-state index in [4.69, 9.17) is 0 Å². The molecule has 0 fully saturated rings. The van der Waals surface area contributed by atoms with Gasteiger partial charge in [0.2, 0.25) is 0 Å². The molecule has 2 aromatic heterocycles. The topological polar surface area (TPSA) is 25.8 Å². The predicted octanol–water partition coefficient (Wildman–Crippen LogP) is 5.11. The van der Waals surface area contributed by atoms with E-state index in [1.54, 1.807) is 0 Å². The highest BCUT2D eigenvalue weighted by molar-refractivity contribution is 8.76. The van der Waals surface area contributed by atoms with Crippen LogP contribution in [0.1, 0.15) is 39.1 Å². The Morgan fingerprint density at radius 2 is 1.14 bits per heavy atom. The number of pyridine rings is 2. The van der Waals surface area contributed by atoms with Crippen LogP contribution in [0.5, 0.6) is 0 Å². The van der Waals surface area contributed by atoms with E-state index in [-0.39, 0.29) is 10.8 Å². The summed E-state index contributed by atoms with van der Waals surface area (Å²) in [5, 5.41) is 0. The molecule has 0 unspecified atom stereocenters. The fraction of sp³-hybridized carbons (Fsp3) is 0.444. The molecule has 0 aliphatic heterocycles. The van der Waals surface area contributed by atoms with E-state index in [0.717, 1.165) is 22.9 Å². The smallest absolute Gasteiger partial charge is 0.0468 e. The Labute approximate surface area is 141 Å². The summed E-state index contributed by atoms with van der Waals surface area (Å²) in [6.07, 6.45) is 3.75. The van der Waals surface area contributed by atoms with Gasteiger partial charge in [0.1, 0.15) is 0 Å². The Balaban J connectivity index is 1.84. The molecule has 0 saturated heterocycles. The summed E-state index contributed by atoms with van der Waals surface area (Å²) in [4.78, 5) is 8.99. The Hall–Kier alpha value is -1.00. The lowest BCUT2D eigenvalue weighted by Crippen LogP contribution is -2.23. The zero-order chi connectivity index (χ0) is 16.1. The molecule has 0 bridgehead atoms. The molecule has 2 aromatic rings. The fourth-order valence-electron chi connectivity index (χ4n) is 2.05. The molecule has 0 spiro atoms. The molecule has 22 heavy (non-hydrogen) atoms. The highest BCUT2D eigenvalue weighted by atomic mass is 33.1. The van der Waals surface area contributed by atoms with Gasteiger partial charge < -0.3 is 0 Å². The van der Waals surface area contributed by atoms with Crippen LogP contribution < -0.4 is 0 Å². The molecule has 2 heterocycles. The average molecular weight is 333 g/mol. The molecule has 0 N–H and O–H groups in total. The summed E-state index contributed by atoms with van der Waals surface area (Å²) < 4.78 is 0. The van der Waals surface area contributed by atoms with E-state index in [1.165, 1.54) is 0 Å². The maximum absolute atomic E-state index is 4.49. The maximum Gasteiger partial charge on any atom is 0.0468 e. The minimum Gasteiger partial charge on any atom is -0.261 e. The Bertz CT molecular complexity index is 515. The van der Waals surface area contributed by atoms with Crippen molar-refractivity contribution in [2.75, 3.05) is 11.5 Å². The zero-order valence-corrected chi connectivity index (χ0v) is 15.4. The van der Waals surface area contributed by atoms with Crippen molar-refractivity contribution in [1.29, 1.82) is 0 Å². The van der Waals surface area contributed by atoms with Crippen LogP contribution >= 0.6 is 21.6 Å². The quantitative estimate of drug-likeness (QED) is 0.519. The van der Waals surface area contributed by atoms with E-state index >= 15 is 0 Å². The molecular formula is C18H24N2S2. The molecule has 4 heteroatoms. The van der Waals surface area contributed by atoms with Crippen LogP contribution in [0.4, 0.5) is 0 Å². The van der Waals surface area contributed by atoms with Crippen molar-refractivity contribution >= 4 is 21.6 Å². The number of nitrogens with zero attached hydrogens (tertiary/aromatic N) is 2. The predicted molar refractivity (Wildman–Crippen MR) is 99.4 cm³/mol. The fourth-order valence-corrected chi connectivity index (χ4v) is 5.37. The third-order valence-electron chi connectivity index (χ3n) is 3.64. The second-order valence-corrected chi connectivity index (χ2v) is 9.19. The first-order chi connectivity index (χ1) is 10.4. The van der Waals surface area contributed by atoms with Crippen molar-refractivity contribution in [3.63, 3.8) is 0 Å². The second kappa shape index (κ2) is 7.51. The van der Waals surface area contributed by atoms with Gasteiger partial charge in [-0.25, -0.2) is 0 Å². The van der Waals surface area contributed by atoms with Crippen molar-refractivity contribution < 1.29 is 0 Å². The lowest BCUT2D eigenvalue weighted by atomic mass is 9.91. The minimum atomic E-state index is 0.0913. The van der Waals surface area contributed by atoms with Crippen LogP contribution in [0, 0.1) is 0 Å². The van der Waals surface area contributed by atoms with Gasteiger partial charge >= 0.3 is 0 Å². The van der Waals surface area contributed by atoms with Crippen molar-refractivity contribution in [1.82, 2.24) is 9.97 Å². The second-order valence-electron chi connectivity index (χ2n) is 6.72. The molecule has 0 saturated carbocycles. The van der Waals surface area contributed by atoms with Crippen molar-refractivity contribution in [2.45, 2.75) is 38.5 Å². The van der Waals surface area contributed by atoms with Crippen LogP contribution in [0.3, 0.4) is 0 Å². The highest BCUT2D eigenvalue weighted by Gasteiger charge is 2.25. The van der Waals surface area contributed by atoms with E-state index in [9.17, 15) is 0 Å². The average Bonchev–Trinajstić information content (AvgIpc) is 2.53. The lowest BCUT2D eigenvalue weighted by Gasteiger charge is -2.26. The van der Waals surface area contributed by atoms with E-state index < -0.39 is 0 Å². The maximum atomic E-state index is 4.49. The normalized spacial score (nSPS) is 12.4. The molecule has 2 rings (SSSR count). The van der Waals surface area contributed by atoms with Gasteiger partial charge in [0.25, 0.3) is 0 Å². The Morgan fingerprint density at radius 3 is 1.45 bits per heavy atom. The van der Waals surface area contributed by atoms with Crippen LogP contribution in [-0.4, -0.2) is 21.5 Å². The minimum absolute atomic E-state index is 0.0913. The first kappa shape index (κ1) is 17.4. The molecule has 118 valence electrons. The molecule has 0 aliphatic carbocycles.